The number of hydrogen-bond acceptors (Lipinski definition) is 4. The lowest BCUT2D eigenvalue weighted by atomic mass is 10.1. The van der Waals surface area contributed by atoms with Crippen LogP contribution in [0.3, 0.4) is 0 Å². The molecule has 6 nitrogen and oxygen atoms in total. The van der Waals surface area contributed by atoms with E-state index in [1.54, 1.807) is 35.9 Å². The Hall–Kier alpha value is -2.86. The number of Topliss-reactive ketones (excluding diaryl/α,β-unsaturated/α-hetero) is 1. The van der Waals surface area contributed by atoms with E-state index in [1.165, 1.54) is 0 Å². The number of rotatable bonds is 9. The predicted molar refractivity (Wildman–Crippen MR) is 111 cm³/mol. The highest BCUT2D eigenvalue weighted by Gasteiger charge is 2.15. The number of ketones is 1. The summed E-state index contributed by atoms with van der Waals surface area (Å²) in [5, 5.41) is 8.69. The average Bonchev–Trinajstić information content (AvgIpc) is 3.00. The van der Waals surface area contributed by atoms with E-state index in [9.17, 15) is 4.79 Å². The smallest absolute Gasteiger partial charge is 0.203 e. The lowest BCUT2D eigenvalue weighted by molar-refractivity contribution is 0.0971. The largest absolute Gasteiger partial charge is 0.497 e. The van der Waals surface area contributed by atoms with Crippen LogP contribution in [0, 0.1) is 5.41 Å². The Kier molecular flexibility index (Phi) is 6.31. The Morgan fingerprint density at radius 2 is 1.61 bits per heavy atom. The molecule has 1 N–H and O–H groups in total. The zero-order chi connectivity index (χ0) is 20.1. The minimum absolute atomic E-state index is 0.0206. The Labute approximate surface area is 165 Å². The number of ether oxygens (including phenoxy) is 1. The van der Waals surface area contributed by atoms with E-state index in [0.717, 1.165) is 43.0 Å². The second kappa shape index (κ2) is 8.89. The lowest BCUT2D eigenvalue weighted by Gasteiger charge is -2.18. The fraction of sp³-hybridized carbons (Fsp3) is 0.364. The van der Waals surface area contributed by atoms with E-state index >= 15 is 0 Å². The zero-order valence-corrected chi connectivity index (χ0v) is 16.8. The van der Waals surface area contributed by atoms with E-state index in [0.29, 0.717) is 11.2 Å². The summed E-state index contributed by atoms with van der Waals surface area (Å²) in [6, 6.07) is 15.0. The number of aromatic nitrogens is 2. The second-order valence-corrected chi connectivity index (χ2v) is 6.73. The van der Waals surface area contributed by atoms with Gasteiger partial charge in [-0.1, -0.05) is 26.0 Å². The Morgan fingerprint density at radius 3 is 2.18 bits per heavy atom. The molecular weight excluding hydrogens is 352 g/mol. The van der Waals surface area contributed by atoms with Crippen LogP contribution >= 0.6 is 0 Å². The van der Waals surface area contributed by atoms with Crippen molar-refractivity contribution in [2.45, 2.75) is 26.9 Å². The van der Waals surface area contributed by atoms with Gasteiger partial charge in [-0.3, -0.25) is 10.2 Å². The Balaban J connectivity index is 1.91. The van der Waals surface area contributed by atoms with Gasteiger partial charge in [0, 0.05) is 18.7 Å². The summed E-state index contributed by atoms with van der Waals surface area (Å²) in [4.78, 5) is 15.1. The molecule has 0 amide bonds. The van der Waals surface area contributed by atoms with Crippen LogP contribution in [-0.4, -0.2) is 46.6 Å². The molecule has 6 heteroatoms. The molecule has 0 fully saturated rings. The number of para-hydroxylation sites is 2. The number of likely N-dealkylation sites (N-methyl/N-ethyl adjacent to an activating group) is 1. The molecule has 3 rings (SSSR count). The number of fused-ring (bicyclic) bond motifs is 1. The first-order valence-electron chi connectivity index (χ1n) is 9.71. The highest BCUT2D eigenvalue weighted by atomic mass is 16.5. The summed E-state index contributed by atoms with van der Waals surface area (Å²) >= 11 is 0. The van der Waals surface area contributed by atoms with Gasteiger partial charge < -0.3 is 18.8 Å². The van der Waals surface area contributed by atoms with Gasteiger partial charge in [-0.25, -0.2) is 0 Å². The van der Waals surface area contributed by atoms with Crippen LogP contribution in [0.15, 0.2) is 48.5 Å². The van der Waals surface area contributed by atoms with Gasteiger partial charge in [0.1, 0.15) is 5.75 Å². The third-order valence-corrected chi connectivity index (χ3v) is 5.22. The van der Waals surface area contributed by atoms with Crippen molar-refractivity contribution in [3.63, 3.8) is 0 Å². The maximum absolute atomic E-state index is 12.8. The van der Waals surface area contributed by atoms with Crippen LogP contribution in [-0.2, 0) is 13.1 Å². The van der Waals surface area contributed by atoms with Crippen molar-refractivity contribution in [1.29, 1.82) is 5.41 Å². The first kappa shape index (κ1) is 19.9. The van der Waals surface area contributed by atoms with Crippen molar-refractivity contribution in [2.24, 2.45) is 0 Å². The van der Waals surface area contributed by atoms with Crippen molar-refractivity contribution < 1.29 is 9.53 Å². The molecule has 0 radical (unpaired) electrons. The number of carbonyl (C=O) groups is 1. The molecule has 0 spiro atoms. The first-order valence-corrected chi connectivity index (χ1v) is 9.71. The standard InChI is InChI=1S/C22H28N4O2/c1-4-24(5-2)14-15-25-19-8-6-7-9-20(19)26(22(25)23)16-21(27)17-10-12-18(28-3)13-11-17/h6-13,23H,4-5,14-16H2,1-3H3. The number of methoxy groups -OCH3 is 1. The van der Waals surface area contributed by atoms with Crippen LogP contribution < -0.4 is 10.4 Å². The molecule has 0 aliphatic carbocycles. The van der Waals surface area contributed by atoms with Crippen LogP contribution in [0.5, 0.6) is 5.75 Å². The molecule has 0 atom stereocenters. The van der Waals surface area contributed by atoms with E-state index in [2.05, 4.69) is 18.7 Å². The van der Waals surface area contributed by atoms with Gasteiger partial charge in [-0.15, -0.1) is 0 Å². The van der Waals surface area contributed by atoms with E-state index in [1.807, 2.05) is 28.8 Å². The van der Waals surface area contributed by atoms with Gasteiger partial charge >= 0.3 is 0 Å². The maximum atomic E-state index is 12.8. The van der Waals surface area contributed by atoms with Gasteiger partial charge in [0.05, 0.1) is 24.7 Å². The van der Waals surface area contributed by atoms with Crippen LogP contribution in [0.4, 0.5) is 0 Å². The molecule has 0 saturated heterocycles. The molecular formula is C22H28N4O2. The molecule has 1 aromatic heterocycles. The molecule has 28 heavy (non-hydrogen) atoms. The average molecular weight is 380 g/mol. The summed E-state index contributed by atoms with van der Waals surface area (Å²) < 4.78 is 8.95. The third-order valence-electron chi connectivity index (χ3n) is 5.22. The minimum Gasteiger partial charge on any atom is -0.497 e. The maximum Gasteiger partial charge on any atom is 0.203 e. The fourth-order valence-corrected chi connectivity index (χ4v) is 3.47. The first-order chi connectivity index (χ1) is 13.6. The van der Waals surface area contributed by atoms with Gasteiger partial charge in [0.15, 0.2) is 5.78 Å². The van der Waals surface area contributed by atoms with Crippen molar-refractivity contribution in [1.82, 2.24) is 14.0 Å². The van der Waals surface area contributed by atoms with Crippen molar-refractivity contribution >= 4 is 16.8 Å². The molecule has 148 valence electrons. The quantitative estimate of drug-likeness (QED) is 0.580. The number of nitrogens with one attached hydrogen (secondary N) is 1. The third kappa shape index (κ3) is 4.02. The number of imidazole rings is 1. The SMILES string of the molecule is CCN(CC)CCn1c(=N)n(CC(=O)c2ccc(OC)cc2)c2ccccc21. The monoisotopic (exact) mass is 380 g/mol. The number of nitrogens with zero attached hydrogens (tertiary/aromatic N) is 3. The second-order valence-electron chi connectivity index (χ2n) is 6.73. The van der Waals surface area contributed by atoms with Gasteiger partial charge in [0.2, 0.25) is 5.62 Å². The predicted octanol–water partition coefficient (Wildman–Crippen LogP) is 3.16. The van der Waals surface area contributed by atoms with Crippen LogP contribution in [0.2, 0.25) is 0 Å². The fourth-order valence-electron chi connectivity index (χ4n) is 3.47. The van der Waals surface area contributed by atoms with Gasteiger partial charge in [0.25, 0.3) is 0 Å². The summed E-state index contributed by atoms with van der Waals surface area (Å²) in [6.07, 6.45) is 0. The van der Waals surface area contributed by atoms with Crippen molar-refractivity contribution in [3.8, 4) is 5.75 Å². The van der Waals surface area contributed by atoms with Crippen LogP contribution in [0.25, 0.3) is 11.0 Å². The highest BCUT2D eigenvalue weighted by Crippen LogP contribution is 2.16. The number of benzene rings is 2. The number of hydrogen-bond donors (Lipinski definition) is 1. The molecule has 1 heterocycles. The topological polar surface area (TPSA) is 63.2 Å². The normalized spacial score (nSPS) is 11.3. The van der Waals surface area contributed by atoms with E-state index < -0.39 is 0 Å². The summed E-state index contributed by atoms with van der Waals surface area (Å²) in [5.74, 6) is 0.700. The number of carbonyl (C=O) groups excluding carboxylic acids is 1. The highest BCUT2D eigenvalue weighted by molar-refractivity contribution is 5.96. The van der Waals surface area contributed by atoms with E-state index in [-0.39, 0.29) is 12.3 Å². The molecule has 0 unspecified atom stereocenters. The molecule has 0 aliphatic heterocycles. The summed E-state index contributed by atoms with van der Waals surface area (Å²) in [7, 11) is 1.60. The van der Waals surface area contributed by atoms with Crippen molar-refractivity contribution in [3.05, 3.63) is 59.7 Å². The molecule has 3 aromatic rings. The van der Waals surface area contributed by atoms with E-state index in [4.69, 9.17) is 10.1 Å². The van der Waals surface area contributed by atoms with Gasteiger partial charge in [-0.05, 0) is 49.5 Å². The molecule has 2 aromatic carbocycles. The molecule has 0 saturated carbocycles. The lowest BCUT2D eigenvalue weighted by Crippen LogP contribution is -2.32. The molecule has 0 aliphatic rings. The van der Waals surface area contributed by atoms with Gasteiger partial charge in [-0.2, -0.15) is 0 Å². The minimum atomic E-state index is -0.0206. The summed E-state index contributed by atoms with van der Waals surface area (Å²) in [6.45, 7) is 8.01. The zero-order valence-electron chi connectivity index (χ0n) is 16.8. The van der Waals surface area contributed by atoms with Crippen LogP contribution in [0.1, 0.15) is 24.2 Å². The molecule has 0 bridgehead atoms. The Bertz CT molecular complexity index is 998. The Morgan fingerprint density at radius 1 is 1.00 bits per heavy atom. The van der Waals surface area contributed by atoms with Crippen molar-refractivity contribution in [2.75, 3.05) is 26.7 Å². The summed E-state index contributed by atoms with van der Waals surface area (Å²) in [5.41, 5.74) is 2.87.